The van der Waals surface area contributed by atoms with Crippen molar-refractivity contribution in [3.8, 4) is 0 Å². The minimum absolute atomic E-state index is 0.0761. The monoisotopic (exact) mass is 347 g/mol. The highest BCUT2D eigenvalue weighted by atomic mass is 19.4. The molecular weight excluding hydrogens is 331 g/mol. The quantitative estimate of drug-likeness (QED) is 0.759. The Hall–Kier alpha value is -2.64. The highest BCUT2D eigenvalue weighted by Gasteiger charge is 2.36. The molecule has 0 saturated carbocycles. The molecule has 130 valence electrons. The lowest BCUT2D eigenvalue weighted by Crippen LogP contribution is -2.08. The zero-order chi connectivity index (χ0) is 17.6. The topological polar surface area (TPSA) is 55.1 Å². The molecule has 0 fully saturated rings. The normalized spacial score (nSPS) is 14.6. The summed E-state index contributed by atoms with van der Waals surface area (Å²) in [7, 11) is 0. The number of alkyl halides is 3. The summed E-state index contributed by atoms with van der Waals surface area (Å²) in [5, 5.41) is 6.72. The van der Waals surface area contributed by atoms with Gasteiger partial charge in [0.25, 0.3) is 11.6 Å². The van der Waals surface area contributed by atoms with Gasteiger partial charge in [-0.25, -0.2) is 4.98 Å². The number of benzene rings is 1. The third-order valence-electron chi connectivity index (χ3n) is 4.31. The molecule has 8 heteroatoms. The van der Waals surface area contributed by atoms with Crippen LogP contribution in [0.2, 0.25) is 0 Å². The van der Waals surface area contributed by atoms with Crippen molar-refractivity contribution >= 4 is 17.3 Å². The van der Waals surface area contributed by atoms with Crippen LogP contribution in [-0.2, 0) is 19.0 Å². The van der Waals surface area contributed by atoms with Gasteiger partial charge in [-0.3, -0.25) is 0 Å². The number of anilines is 2. The summed E-state index contributed by atoms with van der Waals surface area (Å²) in [4.78, 5) is 7.52. The molecular formula is C17H16F3N5. The third-order valence-corrected chi connectivity index (χ3v) is 4.31. The summed E-state index contributed by atoms with van der Waals surface area (Å²) in [6.07, 6.45) is -0.148. The van der Waals surface area contributed by atoms with Crippen LogP contribution >= 0.6 is 0 Å². The molecule has 4 rings (SSSR count). The number of aryl methyl sites for hydroxylation is 3. The van der Waals surface area contributed by atoms with Crippen molar-refractivity contribution in [2.75, 3.05) is 5.32 Å². The van der Waals surface area contributed by atoms with Crippen LogP contribution in [0.4, 0.5) is 24.7 Å². The van der Waals surface area contributed by atoms with Gasteiger partial charge in [-0.1, -0.05) is 6.07 Å². The first kappa shape index (κ1) is 15.9. The molecule has 0 unspecified atom stereocenters. The van der Waals surface area contributed by atoms with Crippen LogP contribution in [0.5, 0.6) is 0 Å². The second kappa shape index (κ2) is 5.72. The van der Waals surface area contributed by atoms with Crippen LogP contribution < -0.4 is 5.32 Å². The summed E-state index contributed by atoms with van der Waals surface area (Å²) in [6.45, 7) is 1.71. The summed E-state index contributed by atoms with van der Waals surface area (Å²) < 4.78 is 39.8. The Morgan fingerprint density at radius 3 is 2.56 bits per heavy atom. The lowest BCUT2D eigenvalue weighted by atomic mass is 9.91. The second-order valence-corrected chi connectivity index (χ2v) is 6.24. The van der Waals surface area contributed by atoms with Gasteiger partial charge in [0.05, 0.1) is 0 Å². The minimum atomic E-state index is -4.61. The fourth-order valence-corrected chi connectivity index (χ4v) is 3.16. The molecule has 1 aliphatic rings. The molecule has 0 atom stereocenters. The van der Waals surface area contributed by atoms with Gasteiger partial charge in [-0.2, -0.15) is 22.7 Å². The largest absolute Gasteiger partial charge is 0.453 e. The Kier molecular flexibility index (Phi) is 3.63. The van der Waals surface area contributed by atoms with Crippen molar-refractivity contribution in [1.29, 1.82) is 0 Å². The molecule has 1 N–H and O–H groups in total. The fourth-order valence-electron chi connectivity index (χ4n) is 3.16. The van der Waals surface area contributed by atoms with E-state index in [1.807, 2.05) is 6.07 Å². The maximum Gasteiger partial charge on any atom is 0.453 e. The molecule has 2 heterocycles. The van der Waals surface area contributed by atoms with Gasteiger partial charge in [-0.05, 0) is 55.9 Å². The first-order chi connectivity index (χ1) is 11.9. The standard InChI is InChI=1S/C17H16F3N5/c1-10-8-14(25-16(21-10)23-15(24-25)17(18,19)20)22-13-7-6-11-4-2-3-5-12(11)9-13/h6-9,22H,2-5H2,1H3. The molecule has 5 nitrogen and oxygen atoms in total. The van der Waals surface area contributed by atoms with E-state index >= 15 is 0 Å². The van der Waals surface area contributed by atoms with Crippen molar-refractivity contribution in [2.45, 2.75) is 38.8 Å². The molecule has 25 heavy (non-hydrogen) atoms. The van der Waals surface area contributed by atoms with Gasteiger partial charge in [-0.15, -0.1) is 5.10 Å². The SMILES string of the molecule is Cc1cc(Nc2ccc3c(c2)CCCC3)n2nc(C(F)(F)F)nc2n1. The second-order valence-electron chi connectivity index (χ2n) is 6.24. The van der Waals surface area contributed by atoms with Crippen LogP contribution in [0.15, 0.2) is 24.3 Å². The van der Waals surface area contributed by atoms with Crippen molar-refractivity contribution in [3.63, 3.8) is 0 Å². The van der Waals surface area contributed by atoms with Gasteiger partial charge >= 0.3 is 6.18 Å². The maximum absolute atomic E-state index is 12.9. The summed E-state index contributed by atoms with van der Waals surface area (Å²) in [6, 6.07) is 7.72. The van der Waals surface area contributed by atoms with Gasteiger partial charge < -0.3 is 5.32 Å². The van der Waals surface area contributed by atoms with Crippen molar-refractivity contribution < 1.29 is 13.2 Å². The zero-order valence-corrected chi connectivity index (χ0v) is 13.6. The Balaban J connectivity index is 1.74. The van der Waals surface area contributed by atoms with Gasteiger partial charge in [0.2, 0.25) is 0 Å². The minimum Gasteiger partial charge on any atom is -0.340 e. The van der Waals surface area contributed by atoms with Crippen LogP contribution in [-0.4, -0.2) is 19.6 Å². The Bertz CT molecular complexity index is 945. The predicted molar refractivity (Wildman–Crippen MR) is 86.9 cm³/mol. The number of halogens is 3. The predicted octanol–water partition coefficient (Wildman–Crippen LogP) is 4.07. The van der Waals surface area contributed by atoms with E-state index in [0.717, 1.165) is 29.5 Å². The Morgan fingerprint density at radius 1 is 1.04 bits per heavy atom. The molecule has 1 aromatic carbocycles. The summed E-state index contributed by atoms with van der Waals surface area (Å²) in [5.41, 5.74) is 4.01. The molecule has 0 bridgehead atoms. The molecule has 0 radical (unpaired) electrons. The van der Waals surface area contributed by atoms with E-state index in [9.17, 15) is 13.2 Å². The number of nitrogens with zero attached hydrogens (tertiary/aromatic N) is 4. The lowest BCUT2D eigenvalue weighted by Gasteiger charge is -2.17. The Labute approximate surface area is 141 Å². The van der Waals surface area contributed by atoms with E-state index in [0.29, 0.717) is 11.5 Å². The number of hydrogen-bond donors (Lipinski definition) is 1. The van der Waals surface area contributed by atoms with Crippen molar-refractivity contribution in [1.82, 2.24) is 19.6 Å². The van der Waals surface area contributed by atoms with Gasteiger partial charge in [0.1, 0.15) is 5.82 Å². The van der Waals surface area contributed by atoms with Crippen molar-refractivity contribution in [2.24, 2.45) is 0 Å². The molecule has 3 aromatic rings. The van der Waals surface area contributed by atoms with Crippen LogP contribution in [0, 0.1) is 6.92 Å². The van der Waals surface area contributed by atoms with E-state index in [1.54, 1.807) is 13.0 Å². The Morgan fingerprint density at radius 2 is 1.80 bits per heavy atom. The number of hydrogen-bond acceptors (Lipinski definition) is 4. The van der Waals surface area contributed by atoms with E-state index in [2.05, 4.69) is 32.5 Å². The van der Waals surface area contributed by atoms with E-state index in [-0.39, 0.29) is 5.78 Å². The fraction of sp³-hybridized carbons (Fsp3) is 0.353. The van der Waals surface area contributed by atoms with E-state index in [4.69, 9.17) is 0 Å². The average molecular weight is 347 g/mol. The molecule has 0 aliphatic heterocycles. The van der Waals surface area contributed by atoms with Gasteiger partial charge in [0.15, 0.2) is 0 Å². The van der Waals surface area contributed by atoms with E-state index in [1.165, 1.54) is 17.5 Å². The van der Waals surface area contributed by atoms with Gasteiger partial charge in [0, 0.05) is 17.4 Å². The first-order valence-corrected chi connectivity index (χ1v) is 8.10. The first-order valence-electron chi connectivity index (χ1n) is 8.10. The smallest absolute Gasteiger partial charge is 0.340 e. The number of aromatic nitrogens is 4. The lowest BCUT2D eigenvalue weighted by molar-refractivity contribution is -0.144. The van der Waals surface area contributed by atoms with E-state index < -0.39 is 12.0 Å². The van der Waals surface area contributed by atoms with Crippen LogP contribution in [0.1, 0.15) is 35.5 Å². The third kappa shape index (κ3) is 3.04. The summed E-state index contributed by atoms with van der Waals surface area (Å²) >= 11 is 0. The number of nitrogens with one attached hydrogen (secondary N) is 1. The molecule has 0 spiro atoms. The zero-order valence-electron chi connectivity index (χ0n) is 13.6. The summed E-state index contributed by atoms with van der Waals surface area (Å²) in [5.74, 6) is -0.867. The van der Waals surface area contributed by atoms with Crippen LogP contribution in [0.3, 0.4) is 0 Å². The molecule has 1 aliphatic carbocycles. The number of rotatable bonds is 2. The number of fused-ring (bicyclic) bond motifs is 2. The average Bonchev–Trinajstić information content (AvgIpc) is 2.99. The van der Waals surface area contributed by atoms with Crippen LogP contribution in [0.25, 0.3) is 5.78 Å². The highest BCUT2D eigenvalue weighted by molar-refractivity contribution is 5.60. The molecule has 0 saturated heterocycles. The molecule has 0 amide bonds. The van der Waals surface area contributed by atoms with Crippen molar-refractivity contribution in [3.05, 3.63) is 46.9 Å². The highest BCUT2D eigenvalue weighted by Crippen LogP contribution is 2.29. The molecule has 2 aromatic heterocycles. The maximum atomic E-state index is 12.9.